The topological polar surface area (TPSA) is 125 Å². The first-order valence-corrected chi connectivity index (χ1v) is 15.7. The molecule has 9 nitrogen and oxygen atoms in total. The lowest BCUT2D eigenvalue weighted by Crippen LogP contribution is -2.49. The monoisotopic (exact) mass is 597 g/mol. The molecule has 1 saturated heterocycles. The predicted molar refractivity (Wildman–Crippen MR) is 162 cm³/mol. The summed E-state index contributed by atoms with van der Waals surface area (Å²) < 4.78 is 5.93. The Hall–Kier alpha value is -3.11. The van der Waals surface area contributed by atoms with Crippen LogP contribution in [0, 0.1) is 21.7 Å². The van der Waals surface area contributed by atoms with Crippen molar-refractivity contribution in [1.82, 2.24) is 10.2 Å². The lowest BCUT2D eigenvalue weighted by Gasteiger charge is -2.40. The van der Waals surface area contributed by atoms with E-state index in [4.69, 9.17) is 4.74 Å². The van der Waals surface area contributed by atoms with Crippen LogP contribution in [0.3, 0.4) is 0 Å². The summed E-state index contributed by atoms with van der Waals surface area (Å²) in [4.78, 5) is 53.0. The van der Waals surface area contributed by atoms with Crippen LogP contribution in [0.1, 0.15) is 83.2 Å². The average Bonchev–Trinajstić information content (AvgIpc) is 3.69. The molecular formula is C32H43N3O6S. The molecular weight excluding hydrogens is 554 g/mol. The quantitative estimate of drug-likeness (QED) is 0.254. The normalized spacial score (nSPS) is 23.1. The summed E-state index contributed by atoms with van der Waals surface area (Å²) in [5.41, 5.74) is 1.25. The van der Waals surface area contributed by atoms with E-state index in [0.29, 0.717) is 35.7 Å². The molecule has 42 heavy (non-hydrogen) atoms. The van der Waals surface area contributed by atoms with Crippen molar-refractivity contribution in [3.05, 3.63) is 57.1 Å². The van der Waals surface area contributed by atoms with Gasteiger partial charge in [0.2, 0.25) is 5.91 Å². The number of nitrogens with one attached hydrogen (secondary N) is 1. The molecule has 1 aliphatic carbocycles. The number of aliphatic hydroxyl groups is 1. The van der Waals surface area contributed by atoms with Gasteiger partial charge in [0.15, 0.2) is 0 Å². The number of nitroso groups, excluding NO2 is 1. The van der Waals surface area contributed by atoms with Gasteiger partial charge in [0.1, 0.15) is 23.9 Å². The number of carbonyl (C=O) groups is 3. The number of benzene rings is 1. The third-order valence-electron chi connectivity index (χ3n) is 9.76. The molecule has 2 N–H and O–H groups in total. The van der Waals surface area contributed by atoms with Crippen molar-refractivity contribution in [3.8, 4) is 0 Å². The van der Waals surface area contributed by atoms with Crippen molar-refractivity contribution < 1.29 is 24.2 Å². The molecule has 0 spiro atoms. The minimum Gasteiger partial charge on any atom is -0.461 e. The van der Waals surface area contributed by atoms with Gasteiger partial charge in [-0.15, -0.1) is 16.2 Å². The highest BCUT2D eigenvalue weighted by atomic mass is 32.1. The van der Waals surface area contributed by atoms with Gasteiger partial charge >= 0.3 is 5.97 Å². The van der Waals surface area contributed by atoms with Crippen LogP contribution in [-0.2, 0) is 25.5 Å². The molecule has 1 aromatic carbocycles. The van der Waals surface area contributed by atoms with Crippen molar-refractivity contribution in [2.75, 3.05) is 6.54 Å². The highest BCUT2D eigenvalue weighted by Gasteiger charge is 2.49. The number of nitrogens with zero attached hydrogens (tertiary/aromatic N) is 2. The molecule has 2 aromatic rings. The second-order valence-electron chi connectivity index (χ2n) is 12.9. The lowest BCUT2D eigenvalue weighted by atomic mass is 9.66. The number of rotatable bonds is 11. The Bertz CT molecular complexity index is 1260. The van der Waals surface area contributed by atoms with Crippen LogP contribution < -0.4 is 5.32 Å². The zero-order valence-electron chi connectivity index (χ0n) is 25.2. The Morgan fingerprint density at radius 2 is 1.86 bits per heavy atom. The van der Waals surface area contributed by atoms with E-state index in [1.165, 1.54) is 28.4 Å². The number of hydrogen-bond acceptors (Lipinski definition) is 8. The predicted octanol–water partition coefficient (Wildman–Crippen LogP) is 5.68. The number of esters is 1. The van der Waals surface area contributed by atoms with Crippen LogP contribution >= 0.6 is 11.3 Å². The van der Waals surface area contributed by atoms with Gasteiger partial charge in [0.25, 0.3) is 5.91 Å². The van der Waals surface area contributed by atoms with Gasteiger partial charge in [-0.3, -0.25) is 9.59 Å². The van der Waals surface area contributed by atoms with Crippen LogP contribution in [0.25, 0.3) is 0 Å². The fraction of sp³-hybridized carbons (Fsp3) is 0.594. The molecule has 1 aliphatic heterocycles. The van der Waals surface area contributed by atoms with E-state index in [-0.39, 0.29) is 29.0 Å². The van der Waals surface area contributed by atoms with Gasteiger partial charge in [0, 0.05) is 17.8 Å². The number of hydrogen-bond donors (Lipinski definition) is 2. The summed E-state index contributed by atoms with van der Waals surface area (Å²) in [5, 5.41) is 18.0. The molecule has 228 valence electrons. The molecule has 2 aliphatic rings. The summed E-state index contributed by atoms with van der Waals surface area (Å²) in [6.45, 7) is 11.5. The van der Waals surface area contributed by atoms with Crippen molar-refractivity contribution in [3.63, 3.8) is 0 Å². The molecule has 2 fully saturated rings. The Morgan fingerprint density at radius 3 is 2.45 bits per heavy atom. The van der Waals surface area contributed by atoms with Crippen molar-refractivity contribution in [1.29, 1.82) is 0 Å². The van der Waals surface area contributed by atoms with Gasteiger partial charge in [-0.25, -0.2) is 4.79 Å². The van der Waals surface area contributed by atoms with Gasteiger partial charge in [-0.1, -0.05) is 45.9 Å². The van der Waals surface area contributed by atoms with E-state index in [1.54, 1.807) is 24.3 Å². The lowest BCUT2D eigenvalue weighted by molar-refractivity contribution is -0.159. The minimum absolute atomic E-state index is 0.00184. The van der Waals surface area contributed by atoms with Gasteiger partial charge < -0.3 is 20.1 Å². The smallest absolute Gasteiger partial charge is 0.329 e. The summed E-state index contributed by atoms with van der Waals surface area (Å²) in [6.07, 6.45) is 2.50. The van der Waals surface area contributed by atoms with Crippen molar-refractivity contribution >= 4 is 34.8 Å². The van der Waals surface area contributed by atoms with Crippen LogP contribution in [0.5, 0.6) is 0 Å². The van der Waals surface area contributed by atoms with Gasteiger partial charge in [0.05, 0.1) is 6.10 Å². The van der Waals surface area contributed by atoms with Crippen LogP contribution in [0.4, 0.5) is 5.69 Å². The Morgan fingerprint density at radius 1 is 1.14 bits per heavy atom. The third kappa shape index (κ3) is 6.92. The molecule has 2 heterocycles. The second-order valence-corrected chi connectivity index (χ2v) is 13.9. The zero-order chi connectivity index (χ0) is 30.7. The fourth-order valence-electron chi connectivity index (χ4n) is 6.31. The Balaban J connectivity index is 1.41. The van der Waals surface area contributed by atoms with E-state index in [0.717, 1.165) is 19.3 Å². The Kier molecular flexibility index (Phi) is 9.88. The zero-order valence-corrected chi connectivity index (χ0v) is 26.0. The first-order valence-electron chi connectivity index (χ1n) is 14.8. The number of likely N-dealkylation sites (tertiary alicyclic amines) is 1. The second kappa shape index (κ2) is 13.0. The highest BCUT2D eigenvalue weighted by molar-refractivity contribution is 7.10. The van der Waals surface area contributed by atoms with E-state index >= 15 is 0 Å². The number of ether oxygens (including phenoxy) is 1. The molecule has 5 atom stereocenters. The molecule has 1 aromatic heterocycles. The largest absolute Gasteiger partial charge is 0.461 e. The summed E-state index contributed by atoms with van der Waals surface area (Å²) in [5.74, 6) is -1.06. The van der Waals surface area contributed by atoms with Crippen molar-refractivity contribution in [2.24, 2.45) is 21.9 Å². The van der Waals surface area contributed by atoms with E-state index in [9.17, 15) is 24.4 Å². The van der Waals surface area contributed by atoms with Crippen LogP contribution in [-0.4, -0.2) is 52.6 Å². The summed E-state index contributed by atoms with van der Waals surface area (Å²) >= 11 is 1.32. The standard InChI is InChI=1S/C32H43N3O6S/c1-20(18-22-14-15-31(2,3)32(22,4)5)41-30(39)24-8-6-16-35(24)29(38)27(26-9-7-17-42-26)33-28(37)25(36)19-21-10-12-23(34-40)13-11-21/h7,9-13,17,20,22,24-25,27,36H,6,8,14-16,18-19H2,1-5H3,(H,33,37). The SMILES string of the molecule is CC(CC1CCC(C)(C)C1(C)C)OC(=O)C1CCCN1C(=O)C(NC(=O)C(O)Cc1ccc(N=O)cc1)c1cccs1. The third-order valence-corrected chi connectivity index (χ3v) is 10.7. The molecule has 1 saturated carbocycles. The maximum atomic E-state index is 13.9. The number of aliphatic hydroxyl groups excluding tert-OH is 1. The number of amides is 2. The van der Waals surface area contributed by atoms with Gasteiger partial charge in [-0.2, -0.15) is 0 Å². The summed E-state index contributed by atoms with van der Waals surface area (Å²) in [7, 11) is 0. The molecule has 10 heteroatoms. The Labute approximate surface area is 252 Å². The van der Waals surface area contributed by atoms with Crippen LogP contribution in [0.15, 0.2) is 47.0 Å². The summed E-state index contributed by atoms with van der Waals surface area (Å²) in [6, 6.07) is 8.02. The molecule has 0 bridgehead atoms. The van der Waals surface area contributed by atoms with Gasteiger partial charge in [-0.05, 0) is 90.1 Å². The maximum absolute atomic E-state index is 13.9. The first kappa shape index (κ1) is 31.8. The molecule has 4 rings (SSSR count). The van der Waals surface area contributed by atoms with Crippen LogP contribution in [0.2, 0.25) is 0 Å². The van der Waals surface area contributed by atoms with E-state index in [1.807, 2.05) is 12.3 Å². The fourth-order valence-corrected chi connectivity index (χ4v) is 7.07. The highest BCUT2D eigenvalue weighted by Crippen LogP contribution is 2.57. The first-order chi connectivity index (χ1) is 19.8. The maximum Gasteiger partial charge on any atom is 0.329 e. The number of carbonyl (C=O) groups excluding carboxylic acids is 3. The van der Waals surface area contributed by atoms with E-state index in [2.05, 4.69) is 38.2 Å². The van der Waals surface area contributed by atoms with E-state index < -0.39 is 36.0 Å². The minimum atomic E-state index is -1.42. The average molecular weight is 598 g/mol. The number of thiophene rings is 1. The van der Waals surface area contributed by atoms with Crippen molar-refractivity contribution in [2.45, 2.75) is 97.4 Å². The molecule has 5 unspecified atom stereocenters. The molecule has 0 radical (unpaired) electrons. The molecule has 2 amide bonds.